The Hall–Kier alpha value is -2.43. The van der Waals surface area contributed by atoms with Crippen LogP contribution in [0.15, 0.2) is 36.4 Å². The monoisotopic (exact) mass is 535 g/mol. The molecule has 34 heavy (non-hydrogen) atoms. The number of anilines is 1. The number of sulfonamides is 1. The second kappa shape index (κ2) is 11.8. The summed E-state index contributed by atoms with van der Waals surface area (Å²) in [5.74, 6) is -3.57. The van der Waals surface area contributed by atoms with Gasteiger partial charge in [-0.2, -0.15) is 0 Å². The van der Waals surface area contributed by atoms with Crippen molar-refractivity contribution >= 4 is 50.7 Å². The van der Waals surface area contributed by atoms with Crippen LogP contribution in [0.1, 0.15) is 25.8 Å². The first-order chi connectivity index (χ1) is 15.9. The number of benzene rings is 2. The smallest absolute Gasteiger partial charge is 0.244 e. The summed E-state index contributed by atoms with van der Waals surface area (Å²) in [5, 5.41) is 3.22. The Balaban J connectivity index is 2.47. The first-order valence-electron chi connectivity index (χ1n) is 10.3. The highest BCUT2D eigenvalue weighted by molar-refractivity contribution is 7.92. The van der Waals surface area contributed by atoms with Gasteiger partial charge in [0.15, 0.2) is 11.6 Å². The second-order valence-electron chi connectivity index (χ2n) is 7.46. The largest absolute Gasteiger partial charge is 0.355 e. The zero-order valence-electron chi connectivity index (χ0n) is 18.8. The fraction of sp³-hybridized carbons (Fsp3) is 0.364. The minimum atomic E-state index is -4.07. The third-order valence-corrected chi connectivity index (χ3v) is 6.82. The Bertz CT molecular complexity index is 1160. The van der Waals surface area contributed by atoms with Gasteiger partial charge in [-0.15, -0.1) is 0 Å². The third-order valence-electron chi connectivity index (χ3n) is 4.94. The normalized spacial score (nSPS) is 12.2. The zero-order valence-corrected chi connectivity index (χ0v) is 21.1. The van der Waals surface area contributed by atoms with Crippen LogP contribution in [0.25, 0.3) is 0 Å². The number of carbonyl (C=O) groups excluding carboxylic acids is 2. The number of hydrogen-bond acceptors (Lipinski definition) is 4. The first-order valence-corrected chi connectivity index (χ1v) is 12.9. The maximum Gasteiger partial charge on any atom is 0.244 e. The lowest BCUT2D eigenvalue weighted by molar-refractivity contribution is -0.140. The van der Waals surface area contributed by atoms with Gasteiger partial charge in [0.05, 0.1) is 22.0 Å². The third kappa shape index (κ3) is 7.04. The molecule has 0 radical (unpaired) electrons. The highest BCUT2D eigenvalue weighted by Crippen LogP contribution is 2.25. The molecule has 1 N–H and O–H groups in total. The molecular formula is C22H25Cl2F2N3O4S. The summed E-state index contributed by atoms with van der Waals surface area (Å²) in [7, 11) is -4.07. The molecule has 0 heterocycles. The van der Waals surface area contributed by atoms with Gasteiger partial charge in [-0.05, 0) is 43.2 Å². The Labute approximate surface area is 207 Å². The standard InChI is InChI=1S/C22H25Cl2F2N3O4S/c1-4-20(22(31)27-5-2)28(12-14-6-8-16(23)17(24)10-14)21(30)13-29(34(3,32)33)15-7-9-18(25)19(26)11-15/h6-11,20H,4-5,12-13H2,1-3H3,(H,27,31)/t20-/m1/s1. The summed E-state index contributed by atoms with van der Waals surface area (Å²) in [5.41, 5.74) is 0.333. The van der Waals surface area contributed by atoms with Gasteiger partial charge in [0, 0.05) is 19.2 Å². The number of halogens is 4. The van der Waals surface area contributed by atoms with E-state index < -0.39 is 46.1 Å². The van der Waals surface area contributed by atoms with Gasteiger partial charge in [0.2, 0.25) is 21.8 Å². The van der Waals surface area contributed by atoms with E-state index in [1.165, 1.54) is 11.0 Å². The number of likely N-dealkylation sites (N-methyl/N-ethyl adjacent to an activating group) is 1. The van der Waals surface area contributed by atoms with Crippen molar-refractivity contribution < 1.29 is 26.8 Å². The molecule has 2 amide bonds. The van der Waals surface area contributed by atoms with Crippen LogP contribution in [0.4, 0.5) is 14.5 Å². The number of carbonyl (C=O) groups is 2. The Morgan fingerprint density at radius 1 is 1.03 bits per heavy atom. The lowest BCUT2D eigenvalue weighted by atomic mass is 10.1. The first kappa shape index (κ1) is 27.8. The van der Waals surface area contributed by atoms with E-state index in [1.54, 1.807) is 26.0 Å². The number of rotatable bonds is 10. The van der Waals surface area contributed by atoms with E-state index in [4.69, 9.17) is 23.2 Å². The molecule has 0 fully saturated rings. The SMILES string of the molecule is CCNC(=O)[C@@H](CC)N(Cc1ccc(Cl)c(Cl)c1)C(=O)CN(c1ccc(F)c(F)c1)S(C)(=O)=O. The quantitative estimate of drug-likeness (QED) is 0.498. The van der Waals surface area contributed by atoms with E-state index in [1.807, 2.05) is 0 Å². The number of hydrogen-bond donors (Lipinski definition) is 1. The Morgan fingerprint density at radius 3 is 2.24 bits per heavy atom. The van der Waals surface area contributed by atoms with Crippen LogP contribution in [0.3, 0.4) is 0 Å². The molecule has 0 unspecified atom stereocenters. The van der Waals surface area contributed by atoms with Crippen LogP contribution in [-0.4, -0.2) is 50.5 Å². The van der Waals surface area contributed by atoms with Crippen LogP contribution in [0.2, 0.25) is 10.0 Å². The second-order valence-corrected chi connectivity index (χ2v) is 10.2. The van der Waals surface area contributed by atoms with Gasteiger partial charge in [-0.25, -0.2) is 17.2 Å². The Morgan fingerprint density at radius 2 is 1.71 bits per heavy atom. The molecule has 12 heteroatoms. The molecule has 0 aliphatic heterocycles. The minimum Gasteiger partial charge on any atom is -0.355 e. The molecule has 0 aliphatic carbocycles. The molecular weight excluding hydrogens is 511 g/mol. The van der Waals surface area contributed by atoms with Crippen LogP contribution in [0.5, 0.6) is 0 Å². The molecule has 186 valence electrons. The van der Waals surface area contributed by atoms with Crippen molar-refractivity contribution in [1.82, 2.24) is 10.2 Å². The molecule has 0 aromatic heterocycles. The van der Waals surface area contributed by atoms with Gasteiger partial charge in [-0.3, -0.25) is 13.9 Å². The molecule has 0 saturated carbocycles. The van der Waals surface area contributed by atoms with Crippen molar-refractivity contribution in [2.24, 2.45) is 0 Å². The van der Waals surface area contributed by atoms with E-state index in [0.29, 0.717) is 27.5 Å². The summed E-state index contributed by atoms with van der Waals surface area (Å²) >= 11 is 12.1. The van der Waals surface area contributed by atoms with Crippen LogP contribution < -0.4 is 9.62 Å². The van der Waals surface area contributed by atoms with Crippen molar-refractivity contribution in [3.8, 4) is 0 Å². The molecule has 1 atom stereocenters. The molecule has 0 aliphatic rings. The highest BCUT2D eigenvalue weighted by atomic mass is 35.5. The molecule has 0 saturated heterocycles. The predicted octanol–water partition coefficient (Wildman–Crippen LogP) is 3.98. The fourth-order valence-electron chi connectivity index (χ4n) is 3.30. The zero-order chi connectivity index (χ0) is 25.6. The van der Waals surface area contributed by atoms with Crippen molar-refractivity contribution in [1.29, 1.82) is 0 Å². The molecule has 0 spiro atoms. The summed E-state index contributed by atoms with van der Waals surface area (Å²) in [6, 6.07) is 6.29. The van der Waals surface area contributed by atoms with Gasteiger partial charge >= 0.3 is 0 Å². The van der Waals surface area contributed by atoms with Gasteiger partial charge in [0.1, 0.15) is 12.6 Å². The van der Waals surface area contributed by atoms with Crippen LogP contribution >= 0.6 is 23.2 Å². The number of nitrogens with zero attached hydrogens (tertiary/aromatic N) is 2. The van der Waals surface area contributed by atoms with E-state index in [2.05, 4.69) is 5.32 Å². The summed E-state index contributed by atoms with van der Waals surface area (Å²) in [6.45, 7) is 2.96. The topological polar surface area (TPSA) is 86.8 Å². The van der Waals surface area contributed by atoms with Crippen LogP contribution in [0, 0.1) is 11.6 Å². The van der Waals surface area contributed by atoms with Crippen molar-refractivity contribution in [3.63, 3.8) is 0 Å². The van der Waals surface area contributed by atoms with E-state index >= 15 is 0 Å². The van der Waals surface area contributed by atoms with Gasteiger partial charge in [0.25, 0.3) is 0 Å². The van der Waals surface area contributed by atoms with Crippen molar-refractivity contribution in [2.45, 2.75) is 32.9 Å². The predicted molar refractivity (Wildman–Crippen MR) is 128 cm³/mol. The summed E-state index contributed by atoms with van der Waals surface area (Å²) in [6.07, 6.45) is 1.08. The Kier molecular flexibility index (Phi) is 9.66. The molecule has 2 rings (SSSR count). The number of nitrogens with one attached hydrogen (secondary N) is 1. The van der Waals surface area contributed by atoms with E-state index in [-0.39, 0.29) is 23.7 Å². The highest BCUT2D eigenvalue weighted by Gasteiger charge is 2.31. The molecule has 2 aromatic carbocycles. The summed E-state index contributed by atoms with van der Waals surface area (Å²) < 4.78 is 52.7. The lowest BCUT2D eigenvalue weighted by Gasteiger charge is -2.32. The van der Waals surface area contributed by atoms with E-state index in [9.17, 15) is 26.8 Å². The molecule has 2 aromatic rings. The molecule has 7 nitrogen and oxygen atoms in total. The maximum absolute atomic E-state index is 13.8. The maximum atomic E-state index is 13.8. The lowest BCUT2D eigenvalue weighted by Crippen LogP contribution is -2.52. The summed E-state index contributed by atoms with van der Waals surface area (Å²) in [4.78, 5) is 27.3. The van der Waals surface area contributed by atoms with Crippen molar-refractivity contribution in [2.75, 3.05) is 23.7 Å². The average molecular weight is 536 g/mol. The van der Waals surface area contributed by atoms with E-state index in [0.717, 1.165) is 18.4 Å². The van der Waals surface area contributed by atoms with Crippen LogP contribution in [-0.2, 0) is 26.2 Å². The minimum absolute atomic E-state index is 0.0687. The molecule has 0 bridgehead atoms. The van der Waals surface area contributed by atoms with Gasteiger partial charge in [-0.1, -0.05) is 36.2 Å². The van der Waals surface area contributed by atoms with Gasteiger partial charge < -0.3 is 10.2 Å². The van der Waals surface area contributed by atoms with Crippen molar-refractivity contribution in [3.05, 3.63) is 63.6 Å². The number of amides is 2. The average Bonchev–Trinajstić information content (AvgIpc) is 2.75. The fourth-order valence-corrected chi connectivity index (χ4v) is 4.46.